The largest absolute Gasteiger partial charge is 0.371 e. The van der Waals surface area contributed by atoms with Gasteiger partial charge in [0, 0.05) is 11.8 Å². The van der Waals surface area contributed by atoms with Crippen molar-refractivity contribution in [2.24, 2.45) is 0 Å². The quantitative estimate of drug-likeness (QED) is 0.547. The van der Waals surface area contributed by atoms with E-state index in [4.69, 9.17) is 9.47 Å². The van der Waals surface area contributed by atoms with Gasteiger partial charge in [-0.15, -0.1) is 0 Å². The molecule has 10 heteroatoms. The molecule has 3 aromatic rings. The minimum atomic E-state index is -3.56. The molecule has 2 aliphatic heterocycles. The maximum absolute atomic E-state index is 13.6. The average molecular weight is 471 g/mol. The molecule has 0 aliphatic carbocycles. The molecule has 2 aromatic carbocycles. The topological polar surface area (TPSA) is 102 Å². The van der Waals surface area contributed by atoms with Gasteiger partial charge in [-0.25, -0.2) is 27.5 Å². The van der Waals surface area contributed by atoms with E-state index in [1.807, 2.05) is 6.07 Å². The maximum Gasteiger partial charge on any atom is 0.223 e. The molecule has 2 N–H and O–H groups in total. The zero-order valence-corrected chi connectivity index (χ0v) is 18.4. The molecule has 172 valence electrons. The smallest absolute Gasteiger partial charge is 0.223 e. The van der Waals surface area contributed by atoms with Crippen molar-refractivity contribution >= 4 is 16.0 Å². The SMILES string of the molecule is O=S(=O)(Cc1ccccc1)N[C@H]1CO[C@H]2[C@@H]1OC[C@@H]2Nc1nccc(-c2cccc(F)c2)n1. The summed E-state index contributed by atoms with van der Waals surface area (Å²) in [5.74, 6) is -0.0834. The first-order valence-electron chi connectivity index (χ1n) is 10.6. The van der Waals surface area contributed by atoms with Gasteiger partial charge in [0.25, 0.3) is 0 Å². The summed E-state index contributed by atoms with van der Waals surface area (Å²) >= 11 is 0. The third kappa shape index (κ3) is 5.03. The van der Waals surface area contributed by atoms with E-state index in [1.165, 1.54) is 12.1 Å². The van der Waals surface area contributed by atoms with E-state index in [-0.39, 0.29) is 30.3 Å². The van der Waals surface area contributed by atoms with Gasteiger partial charge >= 0.3 is 0 Å². The average Bonchev–Trinajstić information content (AvgIpc) is 3.37. The van der Waals surface area contributed by atoms with E-state index in [1.54, 1.807) is 48.7 Å². The molecular weight excluding hydrogens is 447 g/mol. The van der Waals surface area contributed by atoms with Gasteiger partial charge in [0.2, 0.25) is 16.0 Å². The number of ether oxygens (including phenoxy) is 2. The molecule has 0 amide bonds. The molecule has 33 heavy (non-hydrogen) atoms. The molecule has 0 radical (unpaired) electrons. The van der Waals surface area contributed by atoms with Crippen molar-refractivity contribution in [3.05, 3.63) is 78.2 Å². The zero-order chi connectivity index (χ0) is 22.8. The number of halogens is 1. The van der Waals surface area contributed by atoms with Crippen molar-refractivity contribution in [3.63, 3.8) is 0 Å². The first-order valence-corrected chi connectivity index (χ1v) is 12.2. The van der Waals surface area contributed by atoms with E-state index < -0.39 is 22.2 Å². The summed E-state index contributed by atoms with van der Waals surface area (Å²) in [6.45, 7) is 0.533. The Morgan fingerprint density at radius 1 is 0.970 bits per heavy atom. The molecule has 0 unspecified atom stereocenters. The zero-order valence-electron chi connectivity index (χ0n) is 17.6. The van der Waals surface area contributed by atoms with Crippen molar-refractivity contribution in [3.8, 4) is 11.3 Å². The predicted octanol–water partition coefficient (Wildman–Crippen LogP) is 2.35. The molecule has 0 saturated carbocycles. The fourth-order valence-corrected chi connectivity index (χ4v) is 5.57. The second-order valence-electron chi connectivity index (χ2n) is 8.09. The normalized spacial score (nSPS) is 24.5. The Morgan fingerprint density at radius 3 is 2.52 bits per heavy atom. The predicted molar refractivity (Wildman–Crippen MR) is 120 cm³/mol. The minimum absolute atomic E-state index is 0.107. The Balaban J connectivity index is 1.23. The van der Waals surface area contributed by atoms with Crippen molar-refractivity contribution < 1.29 is 22.3 Å². The number of nitrogens with zero attached hydrogens (tertiary/aromatic N) is 2. The fourth-order valence-electron chi connectivity index (χ4n) is 4.19. The van der Waals surface area contributed by atoms with Gasteiger partial charge < -0.3 is 14.8 Å². The number of benzene rings is 2. The molecule has 1 aromatic heterocycles. The summed E-state index contributed by atoms with van der Waals surface area (Å²) in [6.07, 6.45) is 0.828. The number of rotatable bonds is 7. The first kappa shape index (κ1) is 21.9. The number of aromatic nitrogens is 2. The lowest BCUT2D eigenvalue weighted by Gasteiger charge is -2.18. The Labute approximate surface area is 191 Å². The van der Waals surface area contributed by atoms with Crippen molar-refractivity contribution in [2.75, 3.05) is 18.5 Å². The number of nitrogens with one attached hydrogen (secondary N) is 2. The molecule has 0 bridgehead atoms. The molecule has 2 fully saturated rings. The summed E-state index contributed by atoms with van der Waals surface area (Å²) in [5, 5.41) is 3.22. The number of hydrogen-bond acceptors (Lipinski definition) is 7. The lowest BCUT2D eigenvalue weighted by molar-refractivity contribution is 0.0690. The van der Waals surface area contributed by atoms with Crippen LogP contribution >= 0.6 is 0 Å². The van der Waals surface area contributed by atoms with Gasteiger partial charge in [0.05, 0.1) is 36.7 Å². The standard InChI is InChI=1S/C23H23FN4O4S/c24-17-8-4-7-16(11-17)18-9-10-25-23(26-18)27-19-12-31-22-20(13-32-21(19)22)28-33(29,30)14-15-5-2-1-3-6-15/h1-11,19-22,28H,12-14H2,(H,25,26,27)/t19-,20-,21+,22+/m0/s1. The van der Waals surface area contributed by atoms with Crippen LogP contribution in [0.2, 0.25) is 0 Å². The summed E-state index contributed by atoms with van der Waals surface area (Å²) in [4.78, 5) is 8.73. The third-order valence-corrected chi connectivity index (χ3v) is 7.05. The van der Waals surface area contributed by atoms with E-state index in [0.29, 0.717) is 29.4 Å². The monoisotopic (exact) mass is 470 g/mol. The number of sulfonamides is 1. The highest BCUT2D eigenvalue weighted by Crippen LogP contribution is 2.29. The number of hydrogen-bond donors (Lipinski definition) is 2. The van der Waals surface area contributed by atoms with Crippen LogP contribution in [0, 0.1) is 5.82 Å². The van der Waals surface area contributed by atoms with Crippen LogP contribution in [0.3, 0.4) is 0 Å². The van der Waals surface area contributed by atoms with Crippen molar-refractivity contribution in [1.82, 2.24) is 14.7 Å². The van der Waals surface area contributed by atoms with Crippen molar-refractivity contribution in [2.45, 2.75) is 30.0 Å². The number of anilines is 1. The van der Waals surface area contributed by atoms with Crippen LogP contribution in [0.25, 0.3) is 11.3 Å². The lowest BCUT2D eigenvalue weighted by Crippen LogP contribution is -2.45. The highest BCUT2D eigenvalue weighted by molar-refractivity contribution is 7.88. The van der Waals surface area contributed by atoms with Crippen LogP contribution in [0.1, 0.15) is 5.56 Å². The molecular formula is C23H23FN4O4S. The van der Waals surface area contributed by atoms with Crippen LogP contribution in [0.4, 0.5) is 10.3 Å². The molecule has 3 heterocycles. The van der Waals surface area contributed by atoms with Crippen LogP contribution in [0.5, 0.6) is 0 Å². The third-order valence-electron chi connectivity index (χ3n) is 5.67. The lowest BCUT2D eigenvalue weighted by atomic mass is 10.1. The van der Waals surface area contributed by atoms with Crippen LogP contribution in [0.15, 0.2) is 66.9 Å². The van der Waals surface area contributed by atoms with Crippen LogP contribution in [-0.2, 0) is 25.2 Å². The Kier molecular flexibility index (Phi) is 6.07. The van der Waals surface area contributed by atoms with E-state index >= 15 is 0 Å². The Morgan fingerprint density at radius 2 is 1.73 bits per heavy atom. The van der Waals surface area contributed by atoms with Crippen molar-refractivity contribution in [1.29, 1.82) is 0 Å². The highest BCUT2D eigenvalue weighted by Gasteiger charge is 2.49. The Bertz CT molecular complexity index is 1230. The Hall–Kier alpha value is -2.92. The second kappa shape index (κ2) is 9.14. The number of fused-ring (bicyclic) bond motifs is 1. The molecule has 4 atom stereocenters. The molecule has 2 saturated heterocycles. The fraction of sp³-hybridized carbons (Fsp3) is 0.304. The van der Waals surface area contributed by atoms with Gasteiger partial charge in [-0.05, 0) is 23.8 Å². The van der Waals surface area contributed by atoms with E-state index in [2.05, 4.69) is 20.0 Å². The summed E-state index contributed by atoms with van der Waals surface area (Å²) in [7, 11) is -3.56. The van der Waals surface area contributed by atoms with Gasteiger partial charge in [-0.1, -0.05) is 42.5 Å². The van der Waals surface area contributed by atoms with E-state index in [0.717, 1.165) is 0 Å². The summed E-state index contributed by atoms with van der Waals surface area (Å²) < 4.78 is 53.3. The molecule has 8 nitrogen and oxygen atoms in total. The van der Waals surface area contributed by atoms with Gasteiger partial charge in [-0.3, -0.25) is 0 Å². The second-order valence-corrected chi connectivity index (χ2v) is 9.85. The molecule has 0 spiro atoms. The van der Waals surface area contributed by atoms with Gasteiger partial charge in [0.1, 0.15) is 18.0 Å². The summed E-state index contributed by atoms with van der Waals surface area (Å²) in [5.41, 5.74) is 1.94. The minimum Gasteiger partial charge on any atom is -0.371 e. The van der Waals surface area contributed by atoms with Gasteiger partial charge in [-0.2, -0.15) is 0 Å². The van der Waals surface area contributed by atoms with Crippen LogP contribution in [-0.4, -0.2) is 55.9 Å². The molecule has 5 rings (SSSR count). The van der Waals surface area contributed by atoms with E-state index in [9.17, 15) is 12.8 Å². The summed E-state index contributed by atoms with van der Waals surface area (Å²) in [6, 6.07) is 16.2. The van der Waals surface area contributed by atoms with Gasteiger partial charge in [0.15, 0.2) is 0 Å². The first-order chi connectivity index (χ1) is 16.0. The van der Waals surface area contributed by atoms with Crippen LogP contribution < -0.4 is 10.0 Å². The molecule has 2 aliphatic rings. The maximum atomic E-state index is 13.6. The highest BCUT2D eigenvalue weighted by atomic mass is 32.2.